The van der Waals surface area contributed by atoms with E-state index in [1.165, 1.54) is 0 Å². The highest BCUT2D eigenvalue weighted by Crippen LogP contribution is 2.44. The molecule has 1 aromatic heterocycles. The fourth-order valence-corrected chi connectivity index (χ4v) is 2.94. The Bertz CT molecular complexity index is 608. The summed E-state index contributed by atoms with van der Waals surface area (Å²) < 4.78 is 32.4. The summed E-state index contributed by atoms with van der Waals surface area (Å²) in [6.07, 6.45) is 0.196. The van der Waals surface area contributed by atoms with E-state index in [1.807, 2.05) is 31.2 Å². The molecule has 1 aromatic carbocycles. The lowest BCUT2D eigenvalue weighted by molar-refractivity contribution is -0.0538. The zero-order chi connectivity index (χ0) is 13.7. The first-order chi connectivity index (χ1) is 8.91. The van der Waals surface area contributed by atoms with Gasteiger partial charge in [-0.3, -0.25) is 0 Å². The van der Waals surface area contributed by atoms with E-state index < -0.39 is 11.5 Å². The summed E-state index contributed by atoms with van der Waals surface area (Å²) in [5, 5.41) is 1.01. The molecule has 0 atom stereocenters. The number of aryl methyl sites for hydroxylation is 1. The van der Waals surface area contributed by atoms with Crippen LogP contribution in [0.1, 0.15) is 37.0 Å². The predicted molar refractivity (Wildman–Crippen MR) is 70.2 cm³/mol. The molecule has 0 radical (unpaired) electrons. The third-order valence-corrected chi connectivity index (χ3v) is 4.17. The van der Waals surface area contributed by atoms with Crippen molar-refractivity contribution in [1.29, 1.82) is 0 Å². The maximum atomic E-state index is 13.3. The summed E-state index contributed by atoms with van der Waals surface area (Å²) in [7, 11) is 0. The van der Waals surface area contributed by atoms with Crippen molar-refractivity contribution in [2.24, 2.45) is 5.73 Å². The molecule has 1 heterocycles. The van der Waals surface area contributed by atoms with Crippen molar-refractivity contribution in [3.05, 3.63) is 35.6 Å². The van der Waals surface area contributed by atoms with Gasteiger partial charge in [0.25, 0.3) is 0 Å². The normalized spacial score (nSPS) is 21.7. The van der Waals surface area contributed by atoms with Crippen molar-refractivity contribution in [3.8, 4) is 0 Å². The maximum Gasteiger partial charge on any atom is 0.248 e. The van der Waals surface area contributed by atoms with Gasteiger partial charge in [0, 0.05) is 23.8 Å². The minimum absolute atomic E-state index is 0.167. The van der Waals surface area contributed by atoms with Crippen molar-refractivity contribution >= 4 is 11.0 Å². The zero-order valence-corrected chi connectivity index (χ0v) is 10.9. The molecule has 1 saturated carbocycles. The van der Waals surface area contributed by atoms with Gasteiger partial charge in [0.1, 0.15) is 11.3 Å². The number of hydrogen-bond acceptors (Lipinski definition) is 2. The van der Waals surface area contributed by atoms with E-state index in [0.29, 0.717) is 5.76 Å². The van der Waals surface area contributed by atoms with E-state index in [9.17, 15) is 8.78 Å². The third kappa shape index (κ3) is 2.04. The third-order valence-electron chi connectivity index (χ3n) is 4.17. The van der Waals surface area contributed by atoms with E-state index >= 15 is 0 Å². The largest absolute Gasteiger partial charge is 0.459 e. The molecular weight excluding hydrogens is 248 g/mol. The molecule has 0 bridgehead atoms. The van der Waals surface area contributed by atoms with Gasteiger partial charge in [-0.1, -0.05) is 18.2 Å². The highest BCUT2D eigenvalue weighted by atomic mass is 19.3. The van der Waals surface area contributed by atoms with Crippen LogP contribution >= 0.6 is 0 Å². The topological polar surface area (TPSA) is 39.2 Å². The molecule has 0 unspecified atom stereocenters. The van der Waals surface area contributed by atoms with Gasteiger partial charge >= 0.3 is 0 Å². The molecular formula is C15H17F2NO. The number of benzene rings is 1. The number of alkyl halides is 2. The summed E-state index contributed by atoms with van der Waals surface area (Å²) in [6, 6.07) is 7.69. The van der Waals surface area contributed by atoms with Crippen LogP contribution in [0.5, 0.6) is 0 Å². The Balaban J connectivity index is 2.02. The lowest BCUT2D eigenvalue weighted by Crippen LogP contribution is -2.43. The van der Waals surface area contributed by atoms with Gasteiger partial charge in [-0.25, -0.2) is 8.78 Å². The number of nitrogens with two attached hydrogens (primary N) is 1. The first-order valence-electron chi connectivity index (χ1n) is 6.57. The molecule has 2 nitrogen and oxygen atoms in total. The van der Waals surface area contributed by atoms with E-state index in [4.69, 9.17) is 10.2 Å². The van der Waals surface area contributed by atoms with Gasteiger partial charge < -0.3 is 10.2 Å². The maximum absolute atomic E-state index is 13.3. The minimum Gasteiger partial charge on any atom is -0.459 e. The quantitative estimate of drug-likeness (QED) is 0.843. The van der Waals surface area contributed by atoms with E-state index in [0.717, 1.165) is 16.5 Å². The van der Waals surface area contributed by atoms with Crippen molar-refractivity contribution in [3.63, 3.8) is 0 Å². The van der Waals surface area contributed by atoms with Crippen molar-refractivity contribution in [1.82, 2.24) is 0 Å². The second-order valence-corrected chi connectivity index (χ2v) is 5.56. The summed E-state index contributed by atoms with van der Waals surface area (Å²) in [5.74, 6) is -1.91. The summed E-state index contributed by atoms with van der Waals surface area (Å²) in [4.78, 5) is 0. The molecule has 2 aromatic rings. The average molecular weight is 265 g/mol. The number of para-hydroxylation sites is 1. The van der Waals surface area contributed by atoms with Gasteiger partial charge in [-0.2, -0.15) is 0 Å². The van der Waals surface area contributed by atoms with Crippen LogP contribution in [0, 0.1) is 6.92 Å². The average Bonchev–Trinajstić information content (AvgIpc) is 2.73. The number of rotatable bonds is 1. The first-order valence-corrected chi connectivity index (χ1v) is 6.57. The van der Waals surface area contributed by atoms with Crippen LogP contribution in [0.4, 0.5) is 8.78 Å². The molecule has 0 aliphatic heterocycles. The van der Waals surface area contributed by atoms with Crippen molar-refractivity contribution in [2.45, 2.75) is 44.1 Å². The molecule has 3 rings (SSSR count). The fraction of sp³-hybridized carbons (Fsp3) is 0.467. The van der Waals surface area contributed by atoms with Crippen LogP contribution in [0.2, 0.25) is 0 Å². The van der Waals surface area contributed by atoms with E-state index in [1.54, 1.807) is 0 Å². The molecule has 0 saturated heterocycles. The van der Waals surface area contributed by atoms with Gasteiger partial charge in [0.2, 0.25) is 5.92 Å². The first kappa shape index (κ1) is 12.6. The SMILES string of the molecule is Cc1c(C2(N)CCC(F)(F)CC2)oc2ccccc12. The van der Waals surface area contributed by atoms with Crippen LogP contribution in [0.25, 0.3) is 11.0 Å². The van der Waals surface area contributed by atoms with Crippen LogP contribution < -0.4 is 5.73 Å². The highest BCUT2D eigenvalue weighted by Gasteiger charge is 2.44. The van der Waals surface area contributed by atoms with Crippen molar-refractivity contribution in [2.75, 3.05) is 0 Å². The summed E-state index contributed by atoms with van der Waals surface area (Å²) in [5.41, 5.74) is 7.33. The fourth-order valence-electron chi connectivity index (χ4n) is 2.94. The van der Waals surface area contributed by atoms with Gasteiger partial charge in [-0.15, -0.1) is 0 Å². The summed E-state index contributed by atoms with van der Waals surface area (Å²) >= 11 is 0. The lowest BCUT2D eigenvalue weighted by Gasteiger charge is -2.35. The standard InChI is InChI=1S/C15H17F2NO/c1-10-11-4-2-3-5-12(11)19-13(10)14(18)6-8-15(16,17)9-7-14/h2-5H,6-9,18H2,1H3. The molecule has 0 spiro atoms. The Morgan fingerprint density at radius 2 is 1.74 bits per heavy atom. The van der Waals surface area contributed by atoms with Crippen LogP contribution in [0.15, 0.2) is 28.7 Å². The highest BCUT2D eigenvalue weighted by molar-refractivity contribution is 5.82. The Morgan fingerprint density at radius 3 is 2.37 bits per heavy atom. The van der Waals surface area contributed by atoms with Gasteiger partial charge in [-0.05, 0) is 25.8 Å². The van der Waals surface area contributed by atoms with E-state index in [2.05, 4.69) is 0 Å². The second kappa shape index (κ2) is 4.04. The van der Waals surface area contributed by atoms with Crippen LogP contribution in [-0.2, 0) is 5.54 Å². The van der Waals surface area contributed by atoms with Gasteiger partial charge in [0.15, 0.2) is 0 Å². The summed E-state index contributed by atoms with van der Waals surface area (Å²) in [6.45, 7) is 1.95. The van der Waals surface area contributed by atoms with E-state index in [-0.39, 0.29) is 25.7 Å². The van der Waals surface area contributed by atoms with Crippen LogP contribution in [-0.4, -0.2) is 5.92 Å². The second-order valence-electron chi connectivity index (χ2n) is 5.56. The predicted octanol–water partition coefficient (Wildman–Crippen LogP) is 4.10. The Kier molecular flexibility index (Phi) is 2.68. The molecule has 2 N–H and O–H groups in total. The van der Waals surface area contributed by atoms with Gasteiger partial charge in [0.05, 0.1) is 5.54 Å². The molecule has 1 fully saturated rings. The zero-order valence-electron chi connectivity index (χ0n) is 10.9. The Labute approximate surface area is 110 Å². The number of furan rings is 1. The smallest absolute Gasteiger partial charge is 0.248 e. The lowest BCUT2D eigenvalue weighted by atomic mass is 9.78. The molecule has 0 amide bonds. The molecule has 1 aliphatic rings. The number of halogens is 2. The molecule has 102 valence electrons. The minimum atomic E-state index is -2.58. The monoisotopic (exact) mass is 265 g/mol. The number of fused-ring (bicyclic) bond motifs is 1. The van der Waals surface area contributed by atoms with Crippen molar-refractivity contribution < 1.29 is 13.2 Å². The molecule has 4 heteroatoms. The van der Waals surface area contributed by atoms with Crippen LogP contribution in [0.3, 0.4) is 0 Å². The Hall–Kier alpha value is -1.42. The molecule has 1 aliphatic carbocycles. The Morgan fingerprint density at radius 1 is 1.11 bits per heavy atom. The number of hydrogen-bond donors (Lipinski definition) is 1. The molecule has 19 heavy (non-hydrogen) atoms.